The van der Waals surface area contributed by atoms with Gasteiger partial charge in [0.25, 0.3) is 10.0 Å². The number of amides is 2. The third-order valence-electron chi connectivity index (χ3n) is 6.34. The highest BCUT2D eigenvalue weighted by atomic mass is 32.2. The molecule has 2 fully saturated rings. The number of likely N-dealkylation sites (tertiary alicyclic amines) is 2. The first-order chi connectivity index (χ1) is 16.2. The van der Waals surface area contributed by atoms with Crippen LogP contribution in [0.4, 0.5) is 4.79 Å². The molecule has 3 N–H and O–H groups in total. The number of carbonyl (C=O) groups excluding carboxylic acids is 1. The summed E-state index contributed by atoms with van der Waals surface area (Å²) < 4.78 is 33.0. The number of nitriles is 1. The van der Waals surface area contributed by atoms with Gasteiger partial charge in [-0.1, -0.05) is 17.7 Å². The van der Waals surface area contributed by atoms with Gasteiger partial charge in [-0.25, -0.2) is 17.9 Å². The molecule has 2 amide bonds. The number of rotatable bonds is 7. The summed E-state index contributed by atoms with van der Waals surface area (Å²) in [6.07, 6.45) is 0. The average Bonchev–Trinajstić information content (AvgIpc) is 3.37. The van der Waals surface area contributed by atoms with Crippen LogP contribution in [0.1, 0.15) is 11.1 Å². The number of nitrogens with zero attached hydrogens (tertiary/aromatic N) is 3. The number of hydrogen-bond acceptors (Lipinski definition) is 7. The molecule has 4 rings (SSSR count). The quantitative estimate of drug-likeness (QED) is 0.611. The predicted molar refractivity (Wildman–Crippen MR) is 127 cm³/mol. The molecule has 3 atom stereocenters. The van der Waals surface area contributed by atoms with Crippen molar-refractivity contribution in [2.24, 2.45) is 17.6 Å². The van der Waals surface area contributed by atoms with E-state index in [1.54, 1.807) is 41.3 Å². The number of carbonyl (C=O) groups is 1. The molecule has 10 heteroatoms. The van der Waals surface area contributed by atoms with E-state index in [2.05, 4.69) is 15.7 Å². The molecular weight excluding hydrogens is 454 g/mol. The molecule has 2 unspecified atom stereocenters. The molecule has 2 aromatic carbocycles. The summed E-state index contributed by atoms with van der Waals surface area (Å²) >= 11 is 0. The van der Waals surface area contributed by atoms with Crippen molar-refractivity contribution in [3.63, 3.8) is 0 Å². The maximum absolute atomic E-state index is 12.6. The van der Waals surface area contributed by atoms with Gasteiger partial charge >= 0.3 is 6.03 Å². The van der Waals surface area contributed by atoms with Crippen LogP contribution in [-0.2, 0) is 10.0 Å². The highest BCUT2D eigenvalue weighted by Crippen LogP contribution is 2.31. The van der Waals surface area contributed by atoms with Gasteiger partial charge in [0.1, 0.15) is 12.4 Å². The summed E-state index contributed by atoms with van der Waals surface area (Å²) in [6, 6.07) is 14.6. The Hall–Kier alpha value is -3.13. The van der Waals surface area contributed by atoms with Gasteiger partial charge in [0.05, 0.1) is 22.6 Å². The Labute approximate surface area is 200 Å². The van der Waals surface area contributed by atoms with Gasteiger partial charge in [-0.3, -0.25) is 0 Å². The molecule has 2 heterocycles. The van der Waals surface area contributed by atoms with Crippen molar-refractivity contribution in [3.05, 3.63) is 59.7 Å². The molecule has 2 aliphatic rings. The number of fused-ring (bicyclic) bond motifs is 1. The molecule has 0 saturated carbocycles. The smallest absolute Gasteiger partial charge is 0.331 e. The van der Waals surface area contributed by atoms with Gasteiger partial charge in [-0.05, 0) is 55.2 Å². The lowest BCUT2D eigenvalue weighted by Crippen LogP contribution is -2.44. The molecule has 2 aromatic rings. The van der Waals surface area contributed by atoms with Crippen LogP contribution in [0.25, 0.3) is 0 Å². The van der Waals surface area contributed by atoms with Crippen LogP contribution < -0.4 is 15.2 Å². The minimum atomic E-state index is -3.90. The number of ether oxygens (including phenoxy) is 1. The maximum Gasteiger partial charge on any atom is 0.331 e. The van der Waals surface area contributed by atoms with E-state index in [4.69, 9.17) is 15.7 Å². The van der Waals surface area contributed by atoms with Crippen molar-refractivity contribution in [1.82, 2.24) is 14.5 Å². The number of sulfonamides is 1. The Balaban J connectivity index is 1.22. The van der Waals surface area contributed by atoms with Gasteiger partial charge in [0.15, 0.2) is 0 Å². The molecule has 0 bridgehead atoms. The van der Waals surface area contributed by atoms with E-state index in [0.29, 0.717) is 49.4 Å². The average molecular weight is 484 g/mol. The zero-order chi connectivity index (χ0) is 24.3. The first-order valence-corrected chi connectivity index (χ1v) is 12.7. The summed E-state index contributed by atoms with van der Waals surface area (Å²) in [7, 11) is -3.90. The number of benzene rings is 2. The van der Waals surface area contributed by atoms with Crippen LogP contribution in [0.2, 0.25) is 0 Å². The fraction of sp³-hybridized carbons (Fsp3) is 0.417. The summed E-state index contributed by atoms with van der Waals surface area (Å²) in [4.78, 5) is 16.6. The van der Waals surface area contributed by atoms with Crippen molar-refractivity contribution in [2.45, 2.75) is 17.9 Å². The topological polar surface area (TPSA) is 129 Å². The molecule has 34 heavy (non-hydrogen) atoms. The minimum Gasteiger partial charge on any atom is -0.492 e. The molecule has 0 spiro atoms. The Kier molecular flexibility index (Phi) is 7.07. The molecule has 2 aliphatic heterocycles. The van der Waals surface area contributed by atoms with Crippen LogP contribution >= 0.6 is 0 Å². The second-order valence-electron chi connectivity index (χ2n) is 9.07. The van der Waals surface area contributed by atoms with E-state index in [0.717, 1.165) is 18.7 Å². The number of aryl methyl sites for hydroxylation is 1. The fourth-order valence-electron chi connectivity index (χ4n) is 4.57. The van der Waals surface area contributed by atoms with E-state index < -0.39 is 16.1 Å². The summed E-state index contributed by atoms with van der Waals surface area (Å²) in [5, 5.41) is 8.86. The lowest BCUT2D eigenvalue weighted by molar-refractivity contribution is 0.199. The number of nitrogens with one attached hydrogen (secondary N) is 1. The van der Waals surface area contributed by atoms with Crippen molar-refractivity contribution >= 4 is 16.1 Å². The van der Waals surface area contributed by atoms with Crippen LogP contribution in [0, 0.1) is 30.1 Å². The van der Waals surface area contributed by atoms with Crippen molar-refractivity contribution in [2.75, 3.05) is 39.3 Å². The second kappa shape index (κ2) is 10.0. The predicted octanol–water partition coefficient (Wildman–Crippen LogP) is 1.53. The first kappa shape index (κ1) is 24.0. The lowest BCUT2D eigenvalue weighted by Gasteiger charge is -2.24. The van der Waals surface area contributed by atoms with Gasteiger partial charge in [-0.15, -0.1) is 0 Å². The summed E-state index contributed by atoms with van der Waals surface area (Å²) in [5.74, 6) is 1.26. The van der Waals surface area contributed by atoms with Crippen molar-refractivity contribution < 1.29 is 17.9 Å². The summed E-state index contributed by atoms with van der Waals surface area (Å²) in [5.41, 5.74) is 7.78. The molecule has 0 aromatic heterocycles. The SMILES string of the molecule is Cc1ccc(S(=O)(=O)NC(=O)N2CC3CN(C[C@H](N)COc4ccc(C#N)cc4)CC3C2)cc1. The second-order valence-corrected chi connectivity index (χ2v) is 10.8. The zero-order valence-electron chi connectivity index (χ0n) is 19.1. The van der Waals surface area contributed by atoms with E-state index in [9.17, 15) is 13.2 Å². The Bertz CT molecular complexity index is 1150. The highest BCUT2D eigenvalue weighted by Gasteiger charge is 2.42. The van der Waals surface area contributed by atoms with Crippen LogP contribution in [0.5, 0.6) is 5.75 Å². The van der Waals surface area contributed by atoms with Crippen molar-refractivity contribution in [3.8, 4) is 11.8 Å². The van der Waals surface area contributed by atoms with Gasteiger partial charge in [0.2, 0.25) is 0 Å². The molecule has 9 nitrogen and oxygen atoms in total. The van der Waals surface area contributed by atoms with Crippen LogP contribution in [-0.4, -0.2) is 69.6 Å². The Morgan fingerprint density at radius 1 is 1.12 bits per heavy atom. The van der Waals surface area contributed by atoms with Crippen LogP contribution in [0.3, 0.4) is 0 Å². The fourth-order valence-corrected chi connectivity index (χ4v) is 5.55. The third kappa shape index (κ3) is 5.67. The van der Waals surface area contributed by atoms with E-state index in [-0.39, 0.29) is 10.9 Å². The first-order valence-electron chi connectivity index (χ1n) is 11.2. The molecule has 0 aliphatic carbocycles. The number of hydrogen-bond donors (Lipinski definition) is 2. The highest BCUT2D eigenvalue weighted by molar-refractivity contribution is 7.90. The summed E-state index contributed by atoms with van der Waals surface area (Å²) in [6.45, 7) is 5.57. The zero-order valence-corrected chi connectivity index (χ0v) is 19.9. The number of nitrogens with two attached hydrogens (primary N) is 1. The van der Waals surface area contributed by atoms with Crippen molar-refractivity contribution in [1.29, 1.82) is 5.26 Å². The largest absolute Gasteiger partial charge is 0.492 e. The lowest BCUT2D eigenvalue weighted by atomic mass is 10.0. The maximum atomic E-state index is 12.6. The van der Waals surface area contributed by atoms with Gasteiger partial charge in [0, 0.05) is 32.7 Å². The monoisotopic (exact) mass is 483 g/mol. The Morgan fingerprint density at radius 2 is 1.74 bits per heavy atom. The Morgan fingerprint density at radius 3 is 2.32 bits per heavy atom. The third-order valence-corrected chi connectivity index (χ3v) is 7.68. The van der Waals surface area contributed by atoms with E-state index in [1.165, 1.54) is 12.1 Å². The number of urea groups is 1. The molecular formula is C24H29N5O4S. The minimum absolute atomic E-state index is 0.0780. The molecule has 0 radical (unpaired) electrons. The standard InChI is InChI=1S/C24H29N5O4S/c1-17-2-8-23(9-3-17)34(31,32)27-24(30)29-13-19-11-28(12-20(19)14-29)15-21(26)16-33-22-6-4-18(10-25)5-7-22/h2-9,19-21H,11-16,26H2,1H3,(H,27,30)/t19?,20?,21-/m0/s1. The van der Waals surface area contributed by atoms with Gasteiger partial charge < -0.3 is 20.3 Å². The van der Waals surface area contributed by atoms with E-state index in [1.807, 2.05) is 6.92 Å². The van der Waals surface area contributed by atoms with Gasteiger partial charge in [-0.2, -0.15) is 5.26 Å². The normalized spacial score (nSPS) is 21.0. The van der Waals surface area contributed by atoms with Crippen LogP contribution in [0.15, 0.2) is 53.4 Å². The van der Waals surface area contributed by atoms with E-state index >= 15 is 0 Å². The molecule has 2 saturated heterocycles. The molecule has 180 valence electrons.